The van der Waals surface area contributed by atoms with Crippen LogP contribution in [0.5, 0.6) is 0 Å². The van der Waals surface area contributed by atoms with Gasteiger partial charge in [-0.1, -0.05) is 0 Å². The maximum atomic E-state index is 7.04. The Labute approximate surface area is 70.4 Å². The molecule has 64 valence electrons. The molecule has 1 heterocycles. The third-order valence-electron chi connectivity index (χ3n) is 1.48. The zero-order valence-corrected chi connectivity index (χ0v) is 7.07. The van der Waals surface area contributed by atoms with Crippen LogP contribution in [0.3, 0.4) is 0 Å². The van der Waals surface area contributed by atoms with Gasteiger partial charge in [0.15, 0.2) is 5.82 Å². The molecule has 3 N–H and O–H groups in total. The minimum absolute atomic E-state index is 0.494. The second-order valence-electron chi connectivity index (χ2n) is 2.27. The number of aromatic nitrogens is 2. The number of aliphatic imine (C=N–C) groups is 1. The van der Waals surface area contributed by atoms with Crippen LogP contribution in [0, 0.1) is 12.3 Å². The van der Waals surface area contributed by atoms with Crippen molar-refractivity contribution in [3.8, 4) is 0 Å². The highest BCUT2D eigenvalue weighted by Crippen LogP contribution is 2.15. The van der Waals surface area contributed by atoms with Crippen molar-refractivity contribution < 1.29 is 0 Å². The molecule has 0 amide bonds. The number of rotatable bonds is 2. The summed E-state index contributed by atoms with van der Waals surface area (Å²) in [5.41, 5.74) is 0.494. The molecule has 12 heavy (non-hydrogen) atoms. The summed E-state index contributed by atoms with van der Waals surface area (Å²) in [6.45, 7) is 3.55. The first-order valence-corrected chi connectivity index (χ1v) is 3.54. The fourth-order valence-corrected chi connectivity index (χ4v) is 0.902. The third-order valence-corrected chi connectivity index (χ3v) is 1.48. The second kappa shape index (κ2) is 3.17. The predicted molar refractivity (Wildman–Crippen MR) is 48.8 cm³/mol. The number of nitrogens with one attached hydrogen (secondary N) is 1. The zero-order valence-electron chi connectivity index (χ0n) is 7.07. The maximum absolute atomic E-state index is 7.04. The molecule has 0 aromatic carbocycles. The van der Waals surface area contributed by atoms with Crippen LogP contribution in [-0.2, 0) is 0 Å². The number of imidazole rings is 1. The van der Waals surface area contributed by atoms with Crippen LogP contribution in [-0.4, -0.2) is 22.1 Å². The Morgan fingerprint density at radius 1 is 1.67 bits per heavy atom. The van der Waals surface area contributed by atoms with E-state index >= 15 is 0 Å². The van der Waals surface area contributed by atoms with E-state index in [-0.39, 0.29) is 0 Å². The van der Waals surface area contributed by atoms with E-state index in [1.165, 1.54) is 4.68 Å². The summed E-state index contributed by atoms with van der Waals surface area (Å²) in [4.78, 5) is 8.03. The van der Waals surface area contributed by atoms with Crippen molar-refractivity contribution in [3.63, 3.8) is 0 Å². The molecule has 0 radical (unpaired) electrons. The molecular formula is C7H11N5. The largest absolute Gasteiger partial charge is 0.336 e. The Morgan fingerprint density at radius 3 is 2.83 bits per heavy atom. The van der Waals surface area contributed by atoms with E-state index in [9.17, 15) is 0 Å². The molecule has 1 rings (SSSR count). The molecule has 1 aromatic rings. The van der Waals surface area contributed by atoms with Crippen LogP contribution in [0.15, 0.2) is 4.99 Å². The summed E-state index contributed by atoms with van der Waals surface area (Å²) >= 11 is 0. The molecule has 0 unspecified atom stereocenters. The van der Waals surface area contributed by atoms with E-state index in [1.807, 2.05) is 0 Å². The molecule has 5 nitrogen and oxygen atoms in total. The van der Waals surface area contributed by atoms with E-state index < -0.39 is 0 Å². The van der Waals surface area contributed by atoms with Gasteiger partial charge in [-0.05, 0) is 13.8 Å². The van der Waals surface area contributed by atoms with Gasteiger partial charge < -0.3 is 11.3 Å². The number of aryl methyl sites for hydroxylation is 1. The summed E-state index contributed by atoms with van der Waals surface area (Å²) in [7, 11) is 0. The molecule has 0 atom stereocenters. The zero-order chi connectivity index (χ0) is 9.14. The maximum Gasteiger partial charge on any atom is 0.180 e. The molecule has 0 saturated carbocycles. The van der Waals surface area contributed by atoms with Gasteiger partial charge in [0, 0.05) is 12.4 Å². The second-order valence-corrected chi connectivity index (χ2v) is 2.27. The molecule has 0 aliphatic heterocycles. The highest BCUT2D eigenvalue weighted by Gasteiger charge is 2.08. The van der Waals surface area contributed by atoms with Crippen molar-refractivity contribution in [2.24, 2.45) is 4.99 Å². The van der Waals surface area contributed by atoms with E-state index in [4.69, 9.17) is 11.3 Å². The minimum Gasteiger partial charge on any atom is -0.336 e. The van der Waals surface area contributed by atoms with Gasteiger partial charge in [-0.2, -0.15) is 0 Å². The van der Waals surface area contributed by atoms with Crippen molar-refractivity contribution in [3.05, 3.63) is 11.5 Å². The predicted octanol–water partition coefficient (Wildman–Crippen LogP) is 0.625. The Morgan fingerprint density at radius 2 is 2.33 bits per heavy atom. The normalized spacial score (nSPS) is 10.8. The van der Waals surface area contributed by atoms with E-state index in [1.54, 1.807) is 20.1 Å². The van der Waals surface area contributed by atoms with Crippen LogP contribution in [0.2, 0.25) is 0 Å². The Bertz CT molecular complexity index is 323. The smallest absolute Gasteiger partial charge is 0.180 e. The van der Waals surface area contributed by atoms with Gasteiger partial charge in [-0.25, -0.2) is 14.7 Å². The SMILES string of the molecule is CC=Nc1c(C=N)nc(C)n1N. The Hall–Kier alpha value is -1.65. The molecule has 0 spiro atoms. The lowest BCUT2D eigenvalue weighted by Gasteiger charge is -1.96. The first kappa shape index (κ1) is 8.45. The topological polar surface area (TPSA) is 80.0 Å². The summed E-state index contributed by atoms with van der Waals surface area (Å²) < 4.78 is 1.36. The summed E-state index contributed by atoms with van der Waals surface area (Å²) in [6.07, 6.45) is 2.76. The molecule has 0 fully saturated rings. The summed E-state index contributed by atoms with van der Waals surface area (Å²) in [5, 5.41) is 7.04. The first-order chi connectivity index (χ1) is 5.70. The number of nitrogen functional groups attached to an aromatic ring is 1. The highest BCUT2D eigenvalue weighted by atomic mass is 15.4. The van der Waals surface area contributed by atoms with Crippen molar-refractivity contribution in [1.82, 2.24) is 9.66 Å². The first-order valence-electron chi connectivity index (χ1n) is 3.54. The summed E-state index contributed by atoms with van der Waals surface area (Å²) in [6, 6.07) is 0. The number of nitrogens with zero attached hydrogens (tertiary/aromatic N) is 3. The van der Waals surface area contributed by atoms with Crippen LogP contribution in [0.25, 0.3) is 0 Å². The molecular weight excluding hydrogens is 154 g/mol. The molecule has 5 heteroatoms. The van der Waals surface area contributed by atoms with Gasteiger partial charge in [0.1, 0.15) is 11.5 Å². The monoisotopic (exact) mass is 165 g/mol. The molecule has 0 aliphatic rings. The lowest BCUT2D eigenvalue weighted by molar-refractivity contribution is 0.927. The molecule has 1 aromatic heterocycles. The van der Waals surface area contributed by atoms with Gasteiger partial charge in [0.05, 0.1) is 0 Å². The van der Waals surface area contributed by atoms with Gasteiger partial charge in [0.2, 0.25) is 0 Å². The van der Waals surface area contributed by atoms with Crippen LogP contribution in [0.1, 0.15) is 18.4 Å². The third kappa shape index (κ3) is 1.20. The van der Waals surface area contributed by atoms with Crippen molar-refractivity contribution in [2.45, 2.75) is 13.8 Å². The van der Waals surface area contributed by atoms with Gasteiger partial charge in [-0.15, -0.1) is 0 Å². The summed E-state index contributed by atoms with van der Waals surface area (Å²) in [5.74, 6) is 6.77. The lowest BCUT2D eigenvalue weighted by atomic mass is 10.5. The van der Waals surface area contributed by atoms with Gasteiger partial charge in [-0.3, -0.25) is 0 Å². The molecule has 0 aliphatic carbocycles. The van der Waals surface area contributed by atoms with Crippen molar-refractivity contribution in [2.75, 3.05) is 5.84 Å². The average Bonchev–Trinajstić information content (AvgIpc) is 2.33. The highest BCUT2D eigenvalue weighted by molar-refractivity contribution is 5.82. The van der Waals surface area contributed by atoms with Crippen LogP contribution in [0.4, 0.5) is 5.82 Å². The van der Waals surface area contributed by atoms with Crippen molar-refractivity contribution >= 4 is 18.2 Å². The number of hydrogen-bond acceptors (Lipinski definition) is 4. The standard InChI is InChI=1S/C7H11N5/c1-3-10-7-6(4-8)11-5(2)12(7)9/h3-4,8H,9H2,1-2H3. The average molecular weight is 165 g/mol. The van der Waals surface area contributed by atoms with E-state index in [2.05, 4.69) is 9.98 Å². The van der Waals surface area contributed by atoms with Crippen LogP contribution >= 0.6 is 0 Å². The number of nitrogens with two attached hydrogens (primary N) is 1. The fourth-order valence-electron chi connectivity index (χ4n) is 0.902. The molecule has 0 bridgehead atoms. The van der Waals surface area contributed by atoms with Crippen LogP contribution < -0.4 is 5.84 Å². The Kier molecular flexibility index (Phi) is 2.23. The fraction of sp³-hybridized carbons (Fsp3) is 0.286. The lowest BCUT2D eigenvalue weighted by Crippen LogP contribution is -2.09. The molecule has 0 saturated heterocycles. The van der Waals surface area contributed by atoms with E-state index in [0.29, 0.717) is 17.3 Å². The Balaban J connectivity index is 3.30. The van der Waals surface area contributed by atoms with Gasteiger partial charge >= 0.3 is 0 Å². The van der Waals surface area contributed by atoms with E-state index in [0.717, 1.165) is 6.21 Å². The quantitative estimate of drug-likeness (QED) is 0.497. The van der Waals surface area contributed by atoms with Crippen molar-refractivity contribution in [1.29, 1.82) is 5.41 Å². The number of hydrogen-bond donors (Lipinski definition) is 2. The van der Waals surface area contributed by atoms with Gasteiger partial charge in [0.25, 0.3) is 0 Å². The minimum atomic E-state index is 0.494.